The number of benzene rings is 1. The summed E-state index contributed by atoms with van der Waals surface area (Å²) in [6, 6.07) is 8.47. The summed E-state index contributed by atoms with van der Waals surface area (Å²) in [5.74, 6) is -0.122. The number of esters is 2. The summed E-state index contributed by atoms with van der Waals surface area (Å²) in [6.07, 6.45) is 0.207. The Balaban J connectivity index is 1.86. The molecule has 0 spiro atoms. The Labute approximate surface area is 169 Å². The molecule has 0 saturated carbocycles. The van der Waals surface area contributed by atoms with Crippen LogP contribution in [0.15, 0.2) is 30.3 Å². The van der Waals surface area contributed by atoms with Crippen LogP contribution in [0.3, 0.4) is 0 Å². The molecule has 0 atom stereocenters. The van der Waals surface area contributed by atoms with Crippen LogP contribution >= 0.6 is 0 Å². The van der Waals surface area contributed by atoms with Crippen molar-refractivity contribution in [3.05, 3.63) is 47.3 Å². The van der Waals surface area contributed by atoms with Crippen LogP contribution in [-0.2, 0) is 25.6 Å². The van der Waals surface area contributed by atoms with Crippen LogP contribution in [0.1, 0.15) is 28.2 Å². The quantitative estimate of drug-likeness (QED) is 0.444. The van der Waals surface area contributed by atoms with Crippen LogP contribution in [0.4, 0.5) is 0 Å². The minimum atomic E-state index is -0.645. The average molecular weight is 403 g/mol. The third kappa shape index (κ3) is 6.10. The highest BCUT2D eigenvalue weighted by molar-refractivity contribution is 5.99. The van der Waals surface area contributed by atoms with Gasteiger partial charge < -0.3 is 23.5 Å². The number of ether oxygens (including phenoxy) is 4. The first-order chi connectivity index (χ1) is 13.8. The van der Waals surface area contributed by atoms with Crippen molar-refractivity contribution in [3.63, 3.8) is 0 Å². The van der Waals surface area contributed by atoms with Gasteiger partial charge in [0.1, 0.15) is 11.5 Å². The Morgan fingerprint density at radius 2 is 1.59 bits per heavy atom. The zero-order valence-electron chi connectivity index (χ0n) is 17.0. The molecule has 0 aliphatic heterocycles. The Morgan fingerprint density at radius 1 is 0.931 bits per heavy atom. The van der Waals surface area contributed by atoms with E-state index in [2.05, 4.69) is 4.74 Å². The van der Waals surface area contributed by atoms with Crippen LogP contribution in [0.25, 0.3) is 0 Å². The fourth-order valence-corrected chi connectivity index (χ4v) is 2.81. The van der Waals surface area contributed by atoms with E-state index in [1.54, 1.807) is 44.4 Å². The summed E-state index contributed by atoms with van der Waals surface area (Å²) >= 11 is 0. The number of methoxy groups -OCH3 is 2. The van der Waals surface area contributed by atoms with E-state index in [4.69, 9.17) is 14.2 Å². The molecular weight excluding hydrogens is 378 g/mol. The SMILES string of the molecule is COC(=O)CCn1c(C)cc(C(=O)COC(=O)COc2ccc(OC)cc2)c1C. The van der Waals surface area contributed by atoms with Crippen LogP contribution in [0.5, 0.6) is 11.5 Å². The normalized spacial score (nSPS) is 10.3. The van der Waals surface area contributed by atoms with Crippen LogP contribution < -0.4 is 9.47 Å². The number of hydrogen-bond donors (Lipinski definition) is 0. The van der Waals surface area contributed by atoms with Crippen molar-refractivity contribution in [2.24, 2.45) is 0 Å². The van der Waals surface area contributed by atoms with Gasteiger partial charge >= 0.3 is 11.9 Å². The van der Waals surface area contributed by atoms with Gasteiger partial charge in [-0.15, -0.1) is 0 Å². The van der Waals surface area contributed by atoms with Crippen molar-refractivity contribution in [2.45, 2.75) is 26.8 Å². The Kier molecular flexibility index (Phi) is 7.82. The number of rotatable bonds is 10. The highest BCUT2D eigenvalue weighted by Gasteiger charge is 2.18. The zero-order valence-corrected chi connectivity index (χ0v) is 17.0. The van der Waals surface area contributed by atoms with Crippen molar-refractivity contribution in [2.75, 3.05) is 27.4 Å². The lowest BCUT2D eigenvalue weighted by molar-refractivity contribution is -0.145. The summed E-state index contributed by atoms with van der Waals surface area (Å²) in [5.41, 5.74) is 2.00. The third-order valence-electron chi connectivity index (χ3n) is 4.42. The lowest BCUT2D eigenvalue weighted by atomic mass is 10.1. The summed E-state index contributed by atoms with van der Waals surface area (Å²) in [5, 5.41) is 0. The van der Waals surface area contributed by atoms with Crippen molar-refractivity contribution < 1.29 is 33.3 Å². The van der Waals surface area contributed by atoms with Gasteiger partial charge in [-0.05, 0) is 44.2 Å². The predicted molar refractivity (Wildman–Crippen MR) is 104 cm³/mol. The number of carbonyl (C=O) groups is 3. The van der Waals surface area contributed by atoms with E-state index < -0.39 is 5.97 Å². The molecule has 2 rings (SSSR count). The molecule has 0 fully saturated rings. The molecule has 0 aliphatic carbocycles. The largest absolute Gasteiger partial charge is 0.497 e. The van der Waals surface area contributed by atoms with Gasteiger partial charge in [0, 0.05) is 23.5 Å². The molecule has 8 nitrogen and oxygen atoms in total. The number of carbonyl (C=O) groups excluding carboxylic acids is 3. The van der Waals surface area contributed by atoms with Gasteiger partial charge in [0.2, 0.25) is 5.78 Å². The van der Waals surface area contributed by atoms with Gasteiger partial charge in [-0.25, -0.2) is 4.79 Å². The molecule has 156 valence electrons. The monoisotopic (exact) mass is 403 g/mol. The van der Waals surface area contributed by atoms with Gasteiger partial charge in [0.15, 0.2) is 13.2 Å². The third-order valence-corrected chi connectivity index (χ3v) is 4.42. The van der Waals surface area contributed by atoms with Gasteiger partial charge in [-0.1, -0.05) is 0 Å². The highest BCUT2D eigenvalue weighted by atomic mass is 16.6. The van der Waals surface area contributed by atoms with E-state index in [0.29, 0.717) is 29.3 Å². The topological polar surface area (TPSA) is 93.1 Å². The first kappa shape index (κ1) is 22.0. The smallest absolute Gasteiger partial charge is 0.344 e. The van der Waals surface area contributed by atoms with Crippen molar-refractivity contribution >= 4 is 17.7 Å². The first-order valence-corrected chi connectivity index (χ1v) is 9.05. The zero-order chi connectivity index (χ0) is 21.4. The second-order valence-corrected chi connectivity index (χ2v) is 6.31. The van der Waals surface area contributed by atoms with Crippen molar-refractivity contribution in [1.82, 2.24) is 4.57 Å². The molecular formula is C21H25NO7. The van der Waals surface area contributed by atoms with E-state index in [1.165, 1.54) is 7.11 Å². The lowest BCUT2D eigenvalue weighted by Gasteiger charge is -2.09. The van der Waals surface area contributed by atoms with E-state index in [9.17, 15) is 14.4 Å². The van der Waals surface area contributed by atoms with Crippen LogP contribution in [0.2, 0.25) is 0 Å². The van der Waals surface area contributed by atoms with E-state index >= 15 is 0 Å². The first-order valence-electron chi connectivity index (χ1n) is 9.05. The minimum absolute atomic E-state index is 0.207. The molecule has 1 aromatic heterocycles. The average Bonchev–Trinajstić information content (AvgIpc) is 3.02. The molecule has 1 aromatic carbocycles. The molecule has 0 unspecified atom stereocenters. The van der Waals surface area contributed by atoms with E-state index in [1.807, 2.05) is 11.5 Å². The number of ketones is 1. The summed E-state index contributed by atoms with van der Waals surface area (Å²) < 4.78 is 21.9. The summed E-state index contributed by atoms with van der Waals surface area (Å²) in [6.45, 7) is 3.35. The molecule has 1 heterocycles. The number of nitrogens with zero attached hydrogens (tertiary/aromatic N) is 1. The van der Waals surface area contributed by atoms with E-state index in [-0.39, 0.29) is 31.4 Å². The van der Waals surface area contributed by atoms with Crippen molar-refractivity contribution in [3.8, 4) is 11.5 Å². The molecule has 2 aromatic rings. The maximum Gasteiger partial charge on any atom is 0.344 e. The number of aryl methyl sites for hydroxylation is 1. The predicted octanol–water partition coefficient (Wildman–Crippen LogP) is 2.48. The fraction of sp³-hybridized carbons (Fsp3) is 0.381. The molecule has 29 heavy (non-hydrogen) atoms. The van der Waals surface area contributed by atoms with Gasteiger partial charge in [0.05, 0.1) is 20.6 Å². The summed E-state index contributed by atoms with van der Waals surface area (Å²) in [7, 11) is 2.89. The van der Waals surface area contributed by atoms with Gasteiger partial charge in [0.25, 0.3) is 0 Å². The molecule has 0 N–H and O–H groups in total. The van der Waals surface area contributed by atoms with Gasteiger partial charge in [-0.2, -0.15) is 0 Å². The molecule has 0 saturated heterocycles. The molecule has 0 bridgehead atoms. The number of hydrogen-bond acceptors (Lipinski definition) is 7. The van der Waals surface area contributed by atoms with Crippen LogP contribution in [-0.4, -0.2) is 49.7 Å². The summed E-state index contributed by atoms with van der Waals surface area (Å²) in [4.78, 5) is 35.6. The van der Waals surface area contributed by atoms with E-state index in [0.717, 1.165) is 5.69 Å². The minimum Gasteiger partial charge on any atom is -0.497 e. The van der Waals surface area contributed by atoms with Crippen LogP contribution in [0, 0.1) is 13.8 Å². The number of Topliss-reactive ketones (excluding diaryl/α,β-unsaturated/α-hetero) is 1. The lowest BCUT2D eigenvalue weighted by Crippen LogP contribution is -2.20. The Hall–Kier alpha value is -3.29. The second-order valence-electron chi connectivity index (χ2n) is 6.31. The Bertz CT molecular complexity index is 868. The van der Waals surface area contributed by atoms with Crippen molar-refractivity contribution in [1.29, 1.82) is 0 Å². The number of aromatic nitrogens is 1. The standard InChI is InChI=1S/C21H25NO7/c1-14-11-18(15(2)22(14)10-9-20(24)27-4)19(23)12-29-21(25)13-28-17-7-5-16(26-3)6-8-17/h5-8,11H,9-10,12-13H2,1-4H3. The molecule has 8 heteroatoms. The maximum absolute atomic E-state index is 12.4. The highest BCUT2D eigenvalue weighted by Crippen LogP contribution is 2.18. The maximum atomic E-state index is 12.4. The molecule has 0 radical (unpaired) electrons. The Morgan fingerprint density at radius 3 is 2.21 bits per heavy atom. The van der Waals surface area contributed by atoms with Gasteiger partial charge in [-0.3, -0.25) is 9.59 Å². The second kappa shape index (κ2) is 10.3. The molecule has 0 amide bonds. The fourth-order valence-electron chi connectivity index (χ4n) is 2.81. The molecule has 0 aliphatic rings.